The molecule has 0 aliphatic heterocycles. The van der Waals surface area contributed by atoms with Crippen molar-refractivity contribution in [1.82, 2.24) is 14.8 Å². The number of Topliss-reactive ketones (excluding diaryl/α,β-unsaturated/α-hetero) is 1. The fraction of sp³-hybridized carbons (Fsp3) is 0.500. The molecule has 1 heterocycles. The summed E-state index contributed by atoms with van der Waals surface area (Å²) in [5.41, 5.74) is 0.759. The zero-order valence-corrected chi connectivity index (χ0v) is 14.4. The number of hydrogen-bond donors (Lipinski definition) is 0. The number of aromatic nitrogens is 3. The molecule has 122 valence electrons. The van der Waals surface area contributed by atoms with Crippen LogP contribution in [-0.2, 0) is 6.54 Å². The van der Waals surface area contributed by atoms with Gasteiger partial charge in [0.15, 0.2) is 10.9 Å². The van der Waals surface area contributed by atoms with Crippen molar-refractivity contribution in [3.63, 3.8) is 0 Å². The zero-order chi connectivity index (χ0) is 16.1. The number of ketones is 1. The second-order valence-corrected chi connectivity index (χ2v) is 6.94. The molecule has 0 saturated heterocycles. The van der Waals surface area contributed by atoms with Gasteiger partial charge in [0, 0.05) is 18.0 Å². The predicted molar refractivity (Wildman–Crippen MR) is 93.0 cm³/mol. The van der Waals surface area contributed by atoms with Gasteiger partial charge in [0.2, 0.25) is 0 Å². The van der Waals surface area contributed by atoms with Gasteiger partial charge < -0.3 is 4.57 Å². The highest BCUT2D eigenvalue weighted by Gasteiger charge is 2.23. The second-order valence-electron chi connectivity index (χ2n) is 6.00. The molecule has 5 heteroatoms. The minimum Gasteiger partial charge on any atom is -0.306 e. The van der Waals surface area contributed by atoms with Crippen LogP contribution in [0.4, 0.5) is 0 Å². The molecule has 1 aliphatic rings. The van der Waals surface area contributed by atoms with E-state index >= 15 is 0 Å². The van der Waals surface area contributed by atoms with Gasteiger partial charge in [-0.25, -0.2) is 0 Å². The van der Waals surface area contributed by atoms with E-state index in [0.717, 1.165) is 23.1 Å². The molecule has 1 aromatic heterocycles. The maximum atomic E-state index is 12.2. The summed E-state index contributed by atoms with van der Waals surface area (Å²) in [4.78, 5) is 12.2. The van der Waals surface area contributed by atoms with E-state index in [-0.39, 0.29) is 5.78 Å². The lowest BCUT2D eigenvalue weighted by atomic mass is 9.89. The Bertz CT molecular complexity index is 648. The summed E-state index contributed by atoms with van der Waals surface area (Å²) in [5, 5.41) is 9.67. The third-order valence-corrected chi connectivity index (χ3v) is 5.43. The van der Waals surface area contributed by atoms with Gasteiger partial charge in [-0.2, -0.15) is 0 Å². The predicted octanol–water partition coefficient (Wildman–Crippen LogP) is 4.32. The van der Waals surface area contributed by atoms with Crippen molar-refractivity contribution in [2.75, 3.05) is 5.75 Å². The number of carbonyl (C=O) groups is 1. The van der Waals surface area contributed by atoms with E-state index in [9.17, 15) is 4.79 Å². The Morgan fingerprint density at radius 1 is 1.17 bits per heavy atom. The van der Waals surface area contributed by atoms with Crippen LogP contribution in [0.5, 0.6) is 0 Å². The maximum absolute atomic E-state index is 12.2. The number of nitrogens with zero attached hydrogens (tertiary/aromatic N) is 3. The van der Waals surface area contributed by atoms with Gasteiger partial charge in [-0.15, -0.1) is 10.2 Å². The van der Waals surface area contributed by atoms with E-state index in [1.54, 1.807) is 0 Å². The molecule has 0 N–H and O–H groups in total. The zero-order valence-electron chi connectivity index (χ0n) is 13.6. The summed E-state index contributed by atoms with van der Waals surface area (Å²) in [5.74, 6) is 2.20. The van der Waals surface area contributed by atoms with Gasteiger partial charge >= 0.3 is 0 Å². The Morgan fingerprint density at radius 2 is 1.91 bits per heavy atom. The lowest BCUT2D eigenvalue weighted by Crippen LogP contribution is -2.12. The van der Waals surface area contributed by atoms with Crippen LogP contribution in [0.25, 0.3) is 0 Å². The highest BCUT2D eigenvalue weighted by atomic mass is 32.2. The summed E-state index contributed by atoms with van der Waals surface area (Å²) in [6, 6.07) is 9.44. The molecule has 0 spiro atoms. The summed E-state index contributed by atoms with van der Waals surface area (Å²) in [6.07, 6.45) is 6.34. The third-order valence-electron chi connectivity index (χ3n) is 4.46. The van der Waals surface area contributed by atoms with Crippen molar-refractivity contribution in [3.05, 3.63) is 41.7 Å². The lowest BCUT2D eigenvalue weighted by molar-refractivity contribution is 0.102. The molecule has 1 saturated carbocycles. The first-order valence-corrected chi connectivity index (χ1v) is 9.42. The van der Waals surface area contributed by atoms with Crippen LogP contribution < -0.4 is 0 Å². The van der Waals surface area contributed by atoms with Crippen molar-refractivity contribution in [2.24, 2.45) is 0 Å². The Labute approximate surface area is 141 Å². The van der Waals surface area contributed by atoms with Crippen LogP contribution in [0.3, 0.4) is 0 Å². The Morgan fingerprint density at radius 3 is 2.61 bits per heavy atom. The average molecular weight is 329 g/mol. The van der Waals surface area contributed by atoms with Crippen molar-refractivity contribution in [1.29, 1.82) is 0 Å². The molecule has 0 amide bonds. The van der Waals surface area contributed by atoms with Gasteiger partial charge in [0.1, 0.15) is 5.82 Å². The third kappa shape index (κ3) is 3.83. The fourth-order valence-corrected chi connectivity index (χ4v) is 4.11. The monoisotopic (exact) mass is 329 g/mol. The molecule has 1 aliphatic carbocycles. The lowest BCUT2D eigenvalue weighted by Gasteiger charge is -2.21. The topological polar surface area (TPSA) is 47.8 Å². The molecule has 4 nitrogen and oxygen atoms in total. The standard InChI is InChI=1S/C18H23N3OS/c1-2-21-17(15-11-7-4-8-12-15)19-20-18(21)23-13-16(22)14-9-5-3-6-10-14/h3,5-6,9-10,15H,2,4,7-8,11-13H2,1H3. The number of carbonyl (C=O) groups excluding carboxylic acids is 1. The van der Waals surface area contributed by atoms with Crippen LogP contribution in [-0.4, -0.2) is 26.3 Å². The van der Waals surface area contributed by atoms with E-state index in [0.29, 0.717) is 11.7 Å². The molecular weight excluding hydrogens is 306 g/mol. The first-order chi connectivity index (χ1) is 11.3. The van der Waals surface area contributed by atoms with Crippen LogP contribution in [0.2, 0.25) is 0 Å². The van der Waals surface area contributed by atoms with Crippen LogP contribution in [0.1, 0.15) is 61.1 Å². The first kappa shape index (κ1) is 16.2. The Hall–Kier alpha value is -1.62. The first-order valence-electron chi connectivity index (χ1n) is 8.43. The molecule has 0 atom stereocenters. The average Bonchev–Trinajstić information content (AvgIpc) is 3.04. The Balaban J connectivity index is 1.68. The number of rotatable bonds is 6. The summed E-state index contributed by atoms with van der Waals surface area (Å²) in [7, 11) is 0. The molecule has 0 unspecified atom stereocenters. The van der Waals surface area contributed by atoms with E-state index in [2.05, 4.69) is 21.7 Å². The van der Waals surface area contributed by atoms with E-state index in [1.165, 1.54) is 43.9 Å². The highest BCUT2D eigenvalue weighted by Crippen LogP contribution is 2.33. The number of benzene rings is 1. The molecule has 3 rings (SSSR count). The molecule has 23 heavy (non-hydrogen) atoms. The highest BCUT2D eigenvalue weighted by molar-refractivity contribution is 7.99. The quantitative estimate of drug-likeness (QED) is 0.585. The second kappa shape index (κ2) is 7.77. The minimum absolute atomic E-state index is 0.139. The van der Waals surface area contributed by atoms with Gasteiger partial charge in [0.25, 0.3) is 0 Å². The molecule has 0 radical (unpaired) electrons. The SMILES string of the molecule is CCn1c(SCC(=O)c2ccccc2)nnc1C1CCCCC1. The largest absolute Gasteiger partial charge is 0.306 e. The maximum Gasteiger partial charge on any atom is 0.191 e. The van der Waals surface area contributed by atoms with Crippen molar-refractivity contribution >= 4 is 17.5 Å². The smallest absolute Gasteiger partial charge is 0.191 e. The number of thioether (sulfide) groups is 1. The summed E-state index contributed by atoms with van der Waals surface area (Å²) in [6.45, 7) is 2.99. The van der Waals surface area contributed by atoms with Crippen molar-refractivity contribution in [2.45, 2.75) is 56.6 Å². The molecule has 0 bridgehead atoms. The molecule has 1 aromatic carbocycles. The van der Waals surface area contributed by atoms with Crippen LogP contribution >= 0.6 is 11.8 Å². The Kier molecular flexibility index (Phi) is 5.49. The van der Waals surface area contributed by atoms with E-state index < -0.39 is 0 Å². The van der Waals surface area contributed by atoms with Crippen LogP contribution in [0.15, 0.2) is 35.5 Å². The van der Waals surface area contributed by atoms with Crippen molar-refractivity contribution < 1.29 is 4.79 Å². The normalized spacial score (nSPS) is 15.7. The fourth-order valence-electron chi connectivity index (χ4n) is 3.20. The van der Waals surface area contributed by atoms with Gasteiger partial charge in [0.05, 0.1) is 5.75 Å². The number of hydrogen-bond acceptors (Lipinski definition) is 4. The summed E-state index contributed by atoms with van der Waals surface area (Å²) >= 11 is 1.50. The van der Waals surface area contributed by atoms with E-state index in [4.69, 9.17) is 0 Å². The van der Waals surface area contributed by atoms with Gasteiger partial charge in [-0.05, 0) is 19.8 Å². The molecule has 2 aromatic rings. The van der Waals surface area contributed by atoms with Gasteiger partial charge in [-0.1, -0.05) is 61.4 Å². The van der Waals surface area contributed by atoms with E-state index in [1.807, 2.05) is 30.3 Å². The summed E-state index contributed by atoms with van der Waals surface area (Å²) < 4.78 is 2.19. The molecular formula is C18H23N3OS. The van der Waals surface area contributed by atoms with Crippen molar-refractivity contribution in [3.8, 4) is 0 Å². The van der Waals surface area contributed by atoms with Gasteiger partial charge in [-0.3, -0.25) is 4.79 Å². The molecule has 1 fully saturated rings. The van der Waals surface area contributed by atoms with Crippen LogP contribution in [0, 0.1) is 0 Å². The minimum atomic E-state index is 0.139.